The van der Waals surface area contributed by atoms with Crippen LogP contribution in [-0.2, 0) is 0 Å². The van der Waals surface area contributed by atoms with Gasteiger partial charge in [-0.15, -0.1) is 0 Å². The van der Waals surface area contributed by atoms with Crippen molar-refractivity contribution in [2.75, 3.05) is 0 Å². The zero-order valence-electron chi connectivity index (χ0n) is 13.9. The second-order valence-electron chi connectivity index (χ2n) is 7.23. The molecule has 116 valence electrons. The first-order chi connectivity index (χ1) is 10.3. The van der Waals surface area contributed by atoms with Gasteiger partial charge in [0.2, 0.25) is 0 Å². The van der Waals surface area contributed by atoms with E-state index in [1.165, 1.54) is 10.4 Å². The topological polar surface area (TPSA) is 18.5 Å². The van der Waals surface area contributed by atoms with Crippen molar-refractivity contribution >= 4 is 26.8 Å². The average molecular weight is 330 g/mol. The molecule has 0 saturated carbocycles. The highest BCUT2D eigenvalue weighted by molar-refractivity contribution is 7.50. The van der Waals surface area contributed by atoms with Crippen LogP contribution < -0.4 is 19.4 Å². The fraction of sp³-hybridized carbons (Fsp3) is 0.333. The largest absolute Gasteiger partial charge is 0.438 e. The van der Waals surface area contributed by atoms with E-state index in [1.54, 1.807) is 0 Å². The van der Waals surface area contributed by atoms with Gasteiger partial charge in [0.05, 0.1) is 5.16 Å². The van der Waals surface area contributed by atoms with Crippen molar-refractivity contribution < 1.29 is 9.05 Å². The van der Waals surface area contributed by atoms with E-state index in [9.17, 15) is 0 Å². The van der Waals surface area contributed by atoms with Crippen molar-refractivity contribution in [2.24, 2.45) is 0 Å². The molecule has 2 nitrogen and oxygen atoms in total. The molecule has 0 atom stereocenters. The van der Waals surface area contributed by atoms with Crippen LogP contribution in [-0.4, -0.2) is 13.2 Å². The molecule has 4 heteroatoms. The lowest BCUT2D eigenvalue weighted by atomic mass is 10.3. The van der Waals surface area contributed by atoms with E-state index in [-0.39, 0.29) is 5.16 Å². The van der Waals surface area contributed by atoms with E-state index < -0.39 is 16.4 Å². The molecule has 2 aromatic carbocycles. The predicted octanol–water partition coefficient (Wildman–Crippen LogP) is 4.39. The van der Waals surface area contributed by atoms with Gasteiger partial charge < -0.3 is 9.05 Å². The molecule has 2 aromatic rings. The first kappa shape index (κ1) is 15.6. The Kier molecular flexibility index (Phi) is 3.82. The molecule has 0 N–H and O–H groups in total. The first-order valence-electron chi connectivity index (χ1n) is 7.65. The molecule has 1 aliphatic heterocycles. The Hall–Kier alpha value is -1.31. The highest BCUT2D eigenvalue weighted by Crippen LogP contribution is 2.51. The molecule has 22 heavy (non-hydrogen) atoms. The van der Waals surface area contributed by atoms with E-state index in [2.05, 4.69) is 70.3 Å². The fourth-order valence-electron chi connectivity index (χ4n) is 2.74. The highest BCUT2D eigenvalue weighted by Gasteiger charge is 2.39. The summed E-state index contributed by atoms with van der Waals surface area (Å²) in [5.41, 5.74) is 0. The molecule has 0 fully saturated rings. The van der Waals surface area contributed by atoms with Gasteiger partial charge in [0.15, 0.2) is 0 Å². The van der Waals surface area contributed by atoms with Crippen LogP contribution in [0.1, 0.15) is 20.8 Å². The quantitative estimate of drug-likeness (QED) is 0.527. The summed E-state index contributed by atoms with van der Waals surface area (Å²) in [4.78, 5) is 0. The SMILES string of the molecule is CC(C)(C)P1Oc2ccccc2[Si](C)(C)c2ccccc2O1. The summed E-state index contributed by atoms with van der Waals surface area (Å²) in [5.74, 6) is 1.99. The van der Waals surface area contributed by atoms with Crippen LogP contribution in [0.25, 0.3) is 0 Å². The van der Waals surface area contributed by atoms with Gasteiger partial charge in [-0.1, -0.05) is 49.5 Å². The monoisotopic (exact) mass is 330 g/mol. The van der Waals surface area contributed by atoms with Crippen LogP contribution in [0.5, 0.6) is 11.5 Å². The maximum absolute atomic E-state index is 6.37. The summed E-state index contributed by atoms with van der Waals surface area (Å²) in [7, 11) is -2.89. The first-order valence-corrected chi connectivity index (χ1v) is 11.8. The van der Waals surface area contributed by atoms with E-state index in [0.29, 0.717) is 0 Å². The summed E-state index contributed by atoms with van der Waals surface area (Å²) in [6, 6.07) is 16.9. The number of benzene rings is 2. The Morgan fingerprint density at radius 3 is 1.59 bits per heavy atom. The molecule has 0 radical (unpaired) electrons. The smallest absolute Gasteiger partial charge is 0.296 e. The lowest BCUT2D eigenvalue weighted by molar-refractivity contribution is 0.457. The second-order valence-corrected chi connectivity index (χ2v) is 13.8. The molecule has 0 aromatic heterocycles. The highest BCUT2D eigenvalue weighted by atomic mass is 31.2. The Bertz CT molecular complexity index is 640. The Morgan fingerprint density at radius 1 is 0.773 bits per heavy atom. The second kappa shape index (κ2) is 5.40. The van der Waals surface area contributed by atoms with Gasteiger partial charge in [-0.25, -0.2) is 0 Å². The van der Waals surface area contributed by atoms with Gasteiger partial charge in [0, 0.05) is 0 Å². The summed E-state index contributed by atoms with van der Waals surface area (Å²) in [5, 5.41) is 2.66. The zero-order chi connectivity index (χ0) is 16.0. The van der Waals surface area contributed by atoms with E-state index in [4.69, 9.17) is 9.05 Å². The molecule has 0 aliphatic carbocycles. The fourth-order valence-corrected chi connectivity index (χ4v) is 6.99. The van der Waals surface area contributed by atoms with Gasteiger partial charge >= 0.3 is 0 Å². The van der Waals surface area contributed by atoms with Crippen LogP contribution in [0, 0.1) is 0 Å². The summed E-state index contributed by atoms with van der Waals surface area (Å²) in [6.07, 6.45) is 0. The van der Waals surface area contributed by atoms with E-state index in [1.807, 2.05) is 12.1 Å². The van der Waals surface area contributed by atoms with Gasteiger partial charge in [-0.05, 0) is 43.3 Å². The molecule has 0 unspecified atom stereocenters. The average Bonchev–Trinajstić information content (AvgIpc) is 2.45. The van der Waals surface area contributed by atoms with E-state index in [0.717, 1.165) is 11.5 Å². The van der Waals surface area contributed by atoms with E-state index >= 15 is 0 Å². The number of para-hydroxylation sites is 2. The molecule has 0 amide bonds. The zero-order valence-corrected chi connectivity index (χ0v) is 15.8. The standard InChI is InChI=1S/C18H23O2PSi/c1-18(2,3)21-19-14-10-6-8-12-16(14)22(4,5)17-13-9-7-11-15(17)20-21/h6-13H,1-5H3. The van der Waals surface area contributed by atoms with Gasteiger partial charge in [-0.3, -0.25) is 0 Å². The van der Waals surface area contributed by atoms with Crippen molar-refractivity contribution in [2.45, 2.75) is 39.0 Å². The molecule has 3 rings (SSSR count). The van der Waals surface area contributed by atoms with Crippen molar-refractivity contribution in [3.63, 3.8) is 0 Å². The minimum absolute atomic E-state index is 0.0431. The van der Waals surface area contributed by atoms with Crippen molar-refractivity contribution in [3.8, 4) is 11.5 Å². The number of rotatable bonds is 0. The van der Waals surface area contributed by atoms with Crippen molar-refractivity contribution in [1.82, 2.24) is 0 Å². The number of fused-ring (bicyclic) bond motifs is 2. The van der Waals surface area contributed by atoms with Gasteiger partial charge in [0.1, 0.15) is 19.6 Å². The Labute approximate surface area is 135 Å². The third kappa shape index (κ3) is 2.68. The van der Waals surface area contributed by atoms with Crippen molar-refractivity contribution in [1.29, 1.82) is 0 Å². The van der Waals surface area contributed by atoms with Crippen LogP contribution >= 0.6 is 8.38 Å². The van der Waals surface area contributed by atoms with Crippen LogP contribution in [0.4, 0.5) is 0 Å². The Morgan fingerprint density at radius 2 is 1.18 bits per heavy atom. The molecule has 0 bridgehead atoms. The summed E-state index contributed by atoms with van der Waals surface area (Å²) in [6.45, 7) is 11.3. The minimum atomic E-state index is -1.84. The van der Waals surface area contributed by atoms with Crippen LogP contribution in [0.2, 0.25) is 13.1 Å². The molecular weight excluding hydrogens is 307 g/mol. The predicted molar refractivity (Wildman–Crippen MR) is 97.6 cm³/mol. The maximum Gasteiger partial charge on any atom is 0.296 e. The van der Waals surface area contributed by atoms with Crippen LogP contribution in [0.15, 0.2) is 48.5 Å². The molecule has 0 saturated heterocycles. The van der Waals surface area contributed by atoms with Gasteiger partial charge in [0.25, 0.3) is 8.38 Å². The number of hydrogen-bond donors (Lipinski definition) is 0. The minimum Gasteiger partial charge on any atom is -0.438 e. The lowest BCUT2D eigenvalue weighted by Gasteiger charge is -2.36. The van der Waals surface area contributed by atoms with Gasteiger partial charge in [-0.2, -0.15) is 0 Å². The summed E-state index contributed by atoms with van der Waals surface area (Å²) >= 11 is 0. The number of hydrogen-bond acceptors (Lipinski definition) is 2. The lowest BCUT2D eigenvalue weighted by Crippen LogP contribution is -2.54. The Balaban J connectivity index is 2.23. The third-order valence-electron chi connectivity index (χ3n) is 4.03. The normalized spacial score (nSPS) is 17.3. The van der Waals surface area contributed by atoms with Crippen molar-refractivity contribution in [3.05, 3.63) is 48.5 Å². The third-order valence-corrected chi connectivity index (χ3v) is 9.37. The molecule has 1 aliphatic rings. The molecular formula is C18H23O2PSi. The summed E-state index contributed by atoms with van der Waals surface area (Å²) < 4.78 is 12.7. The molecule has 1 heterocycles. The molecule has 0 spiro atoms. The maximum atomic E-state index is 6.37. The van der Waals surface area contributed by atoms with Crippen LogP contribution in [0.3, 0.4) is 0 Å².